The zero-order valence-corrected chi connectivity index (χ0v) is 8.03. The second-order valence-corrected chi connectivity index (χ2v) is 2.62. The molecule has 0 radical (unpaired) electrons. The van der Waals surface area contributed by atoms with E-state index in [9.17, 15) is 0 Å². The minimum Gasteiger partial charge on any atom is -0.480 e. The topological polar surface area (TPSA) is 35.0 Å². The van der Waals surface area contributed by atoms with Crippen LogP contribution >= 0.6 is 0 Å². The van der Waals surface area contributed by atoms with Crippen LogP contribution < -0.4 is 4.74 Å². The molecule has 3 nitrogen and oxygen atoms in total. The number of aryl methyl sites for hydroxylation is 1. The second-order valence-electron chi connectivity index (χ2n) is 2.62. The molecule has 0 fully saturated rings. The third kappa shape index (κ3) is 2.86. The molecular formula is C10H14N2O. The largest absolute Gasteiger partial charge is 0.480 e. The molecule has 0 aliphatic heterocycles. The van der Waals surface area contributed by atoms with E-state index in [1.54, 1.807) is 19.5 Å². The van der Waals surface area contributed by atoms with Gasteiger partial charge in [-0.2, -0.15) is 0 Å². The van der Waals surface area contributed by atoms with E-state index >= 15 is 0 Å². The minimum absolute atomic E-state index is 0.631. The lowest BCUT2D eigenvalue weighted by Crippen LogP contribution is -1.97. The zero-order valence-electron chi connectivity index (χ0n) is 8.03. The Morgan fingerprint density at radius 3 is 2.85 bits per heavy atom. The molecule has 0 spiro atoms. The minimum atomic E-state index is 0.631. The van der Waals surface area contributed by atoms with Crippen LogP contribution in [0.2, 0.25) is 0 Å². The molecule has 0 saturated carbocycles. The van der Waals surface area contributed by atoms with Gasteiger partial charge in [-0.05, 0) is 19.8 Å². The molecule has 1 aromatic rings. The molecular weight excluding hydrogens is 164 g/mol. The lowest BCUT2D eigenvalue weighted by Gasteiger charge is -2.03. The average molecular weight is 178 g/mol. The molecule has 0 atom stereocenters. The average Bonchev–Trinajstić information content (AvgIpc) is 2.19. The summed E-state index contributed by atoms with van der Waals surface area (Å²) in [6.07, 6.45) is 9.31. The number of hydrogen-bond acceptors (Lipinski definition) is 3. The number of ether oxygens (including phenoxy) is 1. The lowest BCUT2D eigenvalue weighted by molar-refractivity contribution is 0.389. The van der Waals surface area contributed by atoms with Gasteiger partial charge in [-0.15, -0.1) is 0 Å². The van der Waals surface area contributed by atoms with Crippen molar-refractivity contribution < 1.29 is 4.74 Å². The molecule has 3 heteroatoms. The number of allylic oxidation sites excluding steroid dienone is 2. The molecule has 70 valence electrons. The van der Waals surface area contributed by atoms with Crippen molar-refractivity contribution in [1.82, 2.24) is 9.97 Å². The Morgan fingerprint density at radius 1 is 1.38 bits per heavy atom. The van der Waals surface area contributed by atoms with E-state index in [4.69, 9.17) is 4.74 Å². The molecule has 0 aliphatic rings. The van der Waals surface area contributed by atoms with E-state index in [0.717, 1.165) is 18.5 Å². The molecule has 0 amide bonds. The maximum absolute atomic E-state index is 5.08. The number of nitrogens with zero attached hydrogens (tertiary/aromatic N) is 2. The van der Waals surface area contributed by atoms with Gasteiger partial charge in [-0.3, -0.25) is 4.98 Å². The SMILES string of the molecule is C/C=C/CCc1nccnc1OC. The summed E-state index contributed by atoms with van der Waals surface area (Å²) in [4.78, 5) is 8.27. The van der Waals surface area contributed by atoms with Crippen molar-refractivity contribution in [3.8, 4) is 5.88 Å². The quantitative estimate of drug-likeness (QED) is 0.661. The summed E-state index contributed by atoms with van der Waals surface area (Å²) in [6, 6.07) is 0. The second kappa shape index (κ2) is 5.30. The highest BCUT2D eigenvalue weighted by Gasteiger charge is 2.02. The van der Waals surface area contributed by atoms with Crippen LogP contribution in [0.15, 0.2) is 24.5 Å². The Labute approximate surface area is 78.5 Å². The summed E-state index contributed by atoms with van der Waals surface area (Å²) in [5, 5.41) is 0. The fraction of sp³-hybridized carbons (Fsp3) is 0.400. The Morgan fingerprint density at radius 2 is 2.15 bits per heavy atom. The number of methoxy groups -OCH3 is 1. The van der Waals surface area contributed by atoms with Crippen molar-refractivity contribution >= 4 is 0 Å². The first-order valence-electron chi connectivity index (χ1n) is 4.33. The molecule has 0 N–H and O–H groups in total. The molecule has 13 heavy (non-hydrogen) atoms. The van der Waals surface area contributed by atoms with Gasteiger partial charge in [0.1, 0.15) is 5.69 Å². The van der Waals surface area contributed by atoms with E-state index in [-0.39, 0.29) is 0 Å². The summed E-state index contributed by atoms with van der Waals surface area (Å²) in [5.41, 5.74) is 0.920. The van der Waals surface area contributed by atoms with Crippen molar-refractivity contribution in [2.75, 3.05) is 7.11 Å². The van der Waals surface area contributed by atoms with Crippen LogP contribution in [0.4, 0.5) is 0 Å². The number of rotatable bonds is 4. The third-order valence-electron chi connectivity index (χ3n) is 1.71. The van der Waals surface area contributed by atoms with E-state index < -0.39 is 0 Å². The summed E-state index contributed by atoms with van der Waals surface area (Å²) in [6.45, 7) is 2.01. The van der Waals surface area contributed by atoms with Gasteiger partial charge in [0.15, 0.2) is 0 Å². The van der Waals surface area contributed by atoms with Gasteiger partial charge in [0.05, 0.1) is 7.11 Å². The summed E-state index contributed by atoms with van der Waals surface area (Å²) >= 11 is 0. The fourth-order valence-corrected chi connectivity index (χ4v) is 1.08. The third-order valence-corrected chi connectivity index (χ3v) is 1.71. The number of aromatic nitrogens is 2. The molecule has 0 unspecified atom stereocenters. The predicted octanol–water partition coefficient (Wildman–Crippen LogP) is 1.99. The van der Waals surface area contributed by atoms with Crippen LogP contribution in [0.1, 0.15) is 19.0 Å². The van der Waals surface area contributed by atoms with Crippen molar-refractivity contribution in [2.45, 2.75) is 19.8 Å². The molecule has 0 bridgehead atoms. The van der Waals surface area contributed by atoms with Crippen molar-refractivity contribution in [3.63, 3.8) is 0 Å². The lowest BCUT2D eigenvalue weighted by atomic mass is 10.2. The Bertz CT molecular complexity index is 284. The first-order chi connectivity index (χ1) is 6.38. The van der Waals surface area contributed by atoms with Crippen LogP contribution in [-0.2, 0) is 6.42 Å². The molecule has 1 heterocycles. The van der Waals surface area contributed by atoms with Crippen LogP contribution in [0.25, 0.3) is 0 Å². The van der Waals surface area contributed by atoms with Crippen LogP contribution in [0.3, 0.4) is 0 Å². The van der Waals surface area contributed by atoms with Gasteiger partial charge in [-0.1, -0.05) is 12.2 Å². The first kappa shape index (κ1) is 9.71. The molecule has 0 saturated heterocycles. The molecule has 1 aromatic heterocycles. The predicted molar refractivity (Wildman–Crippen MR) is 51.7 cm³/mol. The van der Waals surface area contributed by atoms with Crippen LogP contribution in [-0.4, -0.2) is 17.1 Å². The van der Waals surface area contributed by atoms with Crippen molar-refractivity contribution in [2.24, 2.45) is 0 Å². The van der Waals surface area contributed by atoms with Gasteiger partial charge in [0, 0.05) is 12.4 Å². The van der Waals surface area contributed by atoms with Gasteiger partial charge in [-0.25, -0.2) is 4.98 Å². The van der Waals surface area contributed by atoms with Gasteiger partial charge in [0.2, 0.25) is 5.88 Å². The maximum atomic E-state index is 5.08. The summed E-state index contributed by atoms with van der Waals surface area (Å²) in [7, 11) is 1.61. The Balaban J connectivity index is 2.64. The standard InChI is InChI=1S/C10H14N2O/c1-3-4-5-6-9-10(13-2)12-8-7-11-9/h3-4,7-8H,5-6H2,1-2H3/b4-3+. The van der Waals surface area contributed by atoms with E-state index in [0.29, 0.717) is 5.88 Å². The Kier molecular flexibility index (Phi) is 3.96. The highest BCUT2D eigenvalue weighted by molar-refractivity contribution is 5.17. The van der Waals surface area contributed by atoms with Gasteiger partial charge < -0.3 is 4.74 Å². The van der Waals surface area contributed by atoms with Crippen LogP contribution in [0, 0.1) is 0 Å². The molecule has 0 aromatic carbocycles. The summed E-state index contributed by atoms with van der Waals surface area (Å²) < 4.78 is 5.08. The maximum Gasteiger partial charge on any atom is 0.235 e. The van der Waals surface area contributed by atoms with Gasteiger partial charge in [0.25, 0.3) is 0 Å². The summed E-state index contributed by atoms with van der Waals surface area (Å²) in [5.74, 6) is 0.631. The van der Waals surface area contributed by atoms with Gasteiger partial charge >= 0.3 is 0 Å². The first-order valence-corrected chi connectivity index (χ1v) is 4.33. The van der Waals surface area contributed by atoms with E-state index in [1.807, 2.05) is 13.0 Å². The van der Waals surface area contributed by atoms with E-state index in [1.165, 1.54) is 0 Å². The smallest absolute Gasteiger partial charge is 0.235 e. The normalized spacial score (nSPS) is 10.6. The highest BCUT2D eigenvalue weighted by atomic mass is 16.5. The molecule has 1 rings (SSSR count). The fourth-order valence-electron chi connectivity index (χ4n) is 1.08. The van der Waals surface area contributed by atoms with E-state index in [2.05, 4.69) is 16.0 Å². The number of hydrogen-bond donors (Lipinski definition) is 0. The monoisotopic (exact) mass is 178 g/mol. The van der Waals surface area contributed by atoms with Crippen LogP contribution in [0.5, 0.6) is 5.88 Å². The zero-order chi connectivity index (χ0) is 9.52. The molecule has 0 aliphatic carbocycles. The van der Waals surface area contributed by atoms with Crippen molar-refractivity contribution in [1.29, 1.82) is 0 Å². The highest BCUT2D eigenvalue weighted by Crippen LogP contribution is 2.12. The van der Waals surface area contributed by atoms with Crippen molar-refractivity contribution in [3.05, 3.63) is 30.2 Å². The Hall–Kier alpha value is -1.38.